The minimum absolute atomic E-state index is 0.127. The van der Waals surface area contributed by atoms with E-state index in [1.54, 1.807) is 33.8 Å². The van der Waals surface area contributed by atoms with E-state index < -0.39 is 23.3 Å². The minimum Gasteiger partial charge on any atom is -0.444 e. The minimum atomic E-state index is -1.06. The van der Waals surface area contributed by atoms with Crippen LogP contribution in [0.5, 0.6) is 0 Å². The lowest BCUT2D eigenvalue weighted by molar-refractivity contribution is -0.165. The van der Waals surface area contributed by atoms with Crippen LogP contribution in [0.3, 0.4) is 0 Å². The number of fused-ring (bicyclic) bond motifs is 2. The van der Waals surface area contributed by atoms with E-state index in [1.165, 1.54) is 0 Å². The standard InChI is InChI=1S/C15H23NO4/c1-6-10-11-7-8-15(19-11,9(2)12(10)17)16-13(18)20-14(3,4)5/h7-11H,6H2,1-5H3,(H,16,18)/t9-,10?,11-,15+/m1/s1. The van der Waals surface area contributed by atoms with Crippen LogP contribution in [0.15, 0.2) is 12.2 Å². The molecule has 1 saturated heterocycles. The maximum absolute atomic E-state index is 12.4. The molecular weight excluding hydrogens is 258 g/mol. The number of carbonyl (C=O) groups is 2. The molecule has 1 amide bonds. The topological polar surface area (TPSA) is 64.6 Å². The summed E-state index contributed by atoms with van der Waals surface area (Å²) in [7, 11) is 0. The third-order valence-electron chi connectivity index (χ3n) is 3.83. The van der Waals surface area contributed by atoms with Crippen LogP contribution < -0.4 is 5.32 Å². The third-order valence-corrected chi connectivity index (χ3v) is 3.83. The predicted molar refractivity (Wildman–Crippen MR) is 74.1 cm³/mol. The number of Topliss-reactive ketones (excluding diaryl/α,β-unsaturated/α-hetero) is 1. The van der Waals surface area contributed by atoms with E-state index in [-0.39, 0.29) is 17.8 Å². The van der Waals surface area contributed by atoms with Crippen LogP contribution in [-0.4, -0.2) is 29.3 Å². The highest BCUT2D eigenvalue weighted by atomic mass is 16.6. The molecule has 0 aromatic carbocycles. The number of carbonyl (C=O) groups excluding carboxylic acids is 2. The number of ketones is 1. The highest BCUT2D eigenvalue weighted by molar-refractivity contribution is 5.87. The van der Waals surface area contributed by atoms with Gasteiger partial charge in [0.05, 0.1) is 12.0 Å². The fraction of sp³-hybridized carbons (Fsp3) is 0.733. The van der Waals surface area contributed by atoms with Crippen molar-refractivity contribution in [3.63, 3.8) is 0 Å². The fourth-order valence-electron chi connectivity index (χ4n) is 2.77. The van der Waals surface area contributed by atoms with Crippen molar-refractivity contribution < 1.29 is 19.1 Å². The molecule has 1 N–H and O–H groups in total. The maximum Gasteiger partial charge on any atom is 0.410 e. The molecule has 0 aromatic heterocycles. The zero-order valence-corrected chi connectivity index (χ0v) is 12.7. The number of nitrogens with one attached hydrogen (secondary N) is 1. The second kappa shape index (κ2) is 4.88. The number of hydrogen-bond donors (Lipinski definition) is 1. The van der Waals surface area contributed by atoms with E-state index in [9.17, 15) is 9.59 Å². The molecule has 4 atom stereocenters. The molecule has 0 spiro atoms. The van der Waals surface area contributed by atoms with Crippen LogP contribution in [0.1, 0.15) is 41.0 Å². The van der Waals surface area contributed by atoms with Crippen molar-refractivity contribution >= 4 is 11.9 Å². The molecule has 112 valence electrons. The SMILES string of the molecule is CCC1C(=O)[C@@H](C)[C@]2(NC(=O)OC(C)(C)C)C=C[C@H]1O2. The highest BCUT2D eigenvalue weighted by Crippen LogP contribution is 2.40. The van der Waals surface area contributed by atoms with Gasteiger partial charge in [0.15, 0.2) is 5.72 Å². The first-order valence-electron chi connectivity index (χ1n) is 7.10. The molecule has 1 fully saturated rings. The van der Waals surface area contributed by atoms with Crippen molar-refractivity contribution in [1.82, 2.24) is 5.32 Å². The molecule has 0 aromatic rings. The lowest BCUT2D eigenvalue weighted by atomic mass is 9.82. The first-order valence-corrected chi connectivity index (χ1v) is 7.10. The van der Waals surface area contributed by atoms with Gasteiger partial charge in [0.1, 0.15) is 11.4 Å². The van der Waals surface area contributed by atoms with Crippen molar-refractivity contribution in [2.45, 2.75) is 58.5 Å². The van der Waals surface area contributed by atoms with Crippen LogP contribution >= 0.6 is 0 Å². The molecule has 5 nitrogen and oxygen atoms in total. The Labute approximate surface area is 119 Å². The number of ether oxygens (including phenoxy) is 2. The molecular formula is C15H23NO4. The Bertz CT molecular complexity index is 451. The van der Waals surface area contributed by atoms with E-state index in [0.29, 0.717) is 0 Å². The molecule has 2 rings (SSSR count). The van der Waals surface area contributed by atoms with E-state index in [1.807, 2.05) is 13.0 Å². The van der Waals surface area contributed by atoms with Gasteiger partial charge in [0.25, 0.3) is 0 Å². The summed E-state index contributed by atoms with van der Waals surface area (Å²) in [6.07, 6.45) is 3.56. The summed E-state index contributed by atoms with van der Waals surface area (Å²) in [5.41, 5.74) is -1.65. The number of amides is 1. The largest absolute Gasteiger partial charge is 0.444 e. The zero-order chi connectivity index (χ0) is 15.1. The predicted octanol–water partition coefficient (Wildman–Crippen LogP) is 2.41. The molecule has 2 heterocycles. The van der Waals surface area contributed by atoms with Gasteiger partial charge in [-0.25, -0.2) is 4.79 Å². The van der Waals surface area contributed by atoms with E-state index in [4.69, 9.17) is 9.47 Å². The maximum atomic E-state index is 12.4. The van der Waals surface area contributed by atoms with Crippen molar-refractivity contribution in [3.8, 4) is 0 Å². The summed E-state index contributed by atoms with van der Waals surface area (Å²) in [6.45, 7) is 9.14. The first kappa shape index (κ1) is 15.0. The average Bonchev–Trinajstić information content (AvgIpc) is 2.67. The number of alkyl carbamates (subject to hydrolysis) is 1. The van der Waals surface area contributed by atoms with Gasteiger partial charge in [-0.2, -0.15) is 0 Å². The lowest BCUT2D eigenvalue weighted by Crippen LogP contribution is -2.60. The number of hydrogen-bond acceptors (Lipinski definition) is 4. The molecule has 1 unspecified atom stereocenters. The second-order valence-corrected chi connectivity index (χ2v) is 6.50. The van der Waals surface area contributed by atoms with Gasteiger partial charge >= 0.3 is 6.09 Å². The molecule has 5 heteroatoms. The highest BCUT2D eigenvalue weighted by Gasteiger charge is 2.54. The molecule has 2 bridgehead atoms. The molecule has 2 aliphatic heterocycles. The summed E-state index contributed by atoms with van der Waals surface area (Å²) in [5.74, 6) is -0.419. The molecule has 20 heavy (non-hydrogen) atoms. The van der Waals surface area contributed by atoms with Gasteiger partial charge in [-0.3, -0.25) is 10.1 Å². The Morgan fingerprint density at radius 2 is 2.15 bits per heavy atom. The molecule has 2 aliphatic rings. The quantitative estimate of drug-likeness (QED) is 0.789. The van der Waals surface area contributed by atoms with Crippen LogP contribution in [-0.2, 0) is 14.3 Å². The summed E-state index contributed by atoms with van der Waals surface area (Å²) >= 11 is 0. The fourth-order valence-corrected chi connectivity index (χ4v) is 2.77. The number of rotatable bonds is 2. The first-order chi connectivity index (χ1) is 9.18. The Hall–Kier alpha value is -1.36. The smallest absolute Gasteiger partial charge is 0.410 e. The second-order valence-electron chi connectivity index (χ2n) is 6.50. The zero-order valence-electron chi connectivity index (χ0n) is 12.7. The van der Waals surface area contributed by atoms with Crippen LogP contribution in [0.25, 0.3) is 0 Å². The summed E-state index contributed by atoms with van der Waals surface area (Å²) in [5, 5.41) is 2.71. The normalized spacial score (nSPS) is 36.0. The Kier molecular flexibility index (Phi) is 3.67. The van der Waals surface area contributed by atoms with Crippen LogP contribution in [0.2, 0.25) is 0 Å². The monoisotopic (exact) mass is 281 g/mol. The van der Waals surface area contributed by atoms with Gasteiger partial charge in [0.2, 0.25) is 0 Å². The van der Waals surface area contributed by atoms with Gasteiger partial charge in [0, 0.05) is 5.92 Å². The Morgan fingerprint density at radius 3 is 2.70 bits per heavy atom. The van der Waals surface area contributed by atoms with Crippen molar-refractivity contribution in [3.05, 3.63) is 12.2 Å². The van der Waals surface area contributed by atoms with Gasteiger partial charge in [-0.1, -0.05) is 19.9 Å². The van der Waals surface area contributed by atoms with Crippen LogP contribution in [0.4, 0.5) is 4.79 Å². The van der Waals surface area contributed by atoms with Gasteiger partial charge in [-0.05, 0) is 33.3 Å². The molecule has 0 radical (unpaired) electrons. The van der Waals surface area contributed by atoms with Crippen molar-refractivity contribution in [2.75, 3.05) is 0 Å². The Morgan fingerprint density at radius 1 is 1.50 bits per heavy atom. The lowest BCUT2D eigenvalue weighted by Gasteiger charge is -2.41. The van der Waals surface area contributed by atoms with Gasteiger partial charge < -0.3 is 9.47 Å². The van der Waals surface area contributed by atoms with Crippen LogP contribution in [0, 0.1) is 11.8 Å². The van der Waals surface area contributed by atoms with Crippen molar-refractivity contribution in [2.24, 2.45) is 11.8 Å². The van der Waals surface area contributed by atoms with E-state index in [0.717, 1.165) is 6.42 Å². The van der Waals surface area contributed by atoms with E-state index in [2.05, 4.69) is 5.32 Å². The Balaban J connectivity index is 2.14. The summed E-state index contributed by atoms with van der Waals surface area (Å²) in [6, 6.07) is 0. The average molecular weight is 281 g/mol. The molecule has 0 saturated carbocycles. The molecule has 0 aliphatic carbocycles. The van der Waals surface area contributed by atoms with Crippen molar-refractivity contribution in [1.29, 1.82) is 0 Å². The summed E-state index contributed by atoms with van der Waals surface area (Å²) in [4.78, 5) is 24.3. The van der Waals surface area contributed by atoms with E-state index >= 15 is 0 Å². The van der Waals surface area contributed by atoms with Gasteiger partial charge in [-0.15, -0.1) is 0 Å². The third kappa shape index (κ3) is 2.59. The summed E-state index contributed by atoms with van der Waals surface area (Å²) < 4.78 is 11.2.